The fraction of sp³-hybridized carbons (Fsp3) is 0.467. The molecule has 1 aromatic carbocycles. The first kappa shape index (κ1) is 15.1. The van der Waals surface area contributed by atoms with E-state index >= 15 is 0 Å². The number of aliphatic carboxylic acids is 1. The summed E-state index contributed by atoms with van der Waals surface area (Å²) < 4.78 is 10.5. The van der Waals surface area contributed by atoms with Crippen molar-refractivity contribution in [3.8, 4) is 5.75 Å². The van der Waals surface area contributed by atoms with Gasteiger partial charge in [-0.3, -0.25) is 0 Å². The van der Waals surface area contributed by atoms with Crippen LogP contribution in [0.2, 0.25) is 0 Å². The zero-order valence-electron chi connectivity index (χ0n) is 11.9. The molecule has 0 saturated carbocycles. The van der Waals surface area contributed by atoms with E-state index in [4.69, 9.17) is 9.84 Å². The monoisotopic (exact) mass is 342 g/mol. The molecular formula is C15H20NO3Se+. The third kappa shape index (κ3) is 3.62. The molecule has 0 fully saturated rings. The topological polar surface area (TPSA) is 50.4 Å². The number of carboxylic acids is 1. The van der Waals surface area contributed by atoms with Crippen LogP contribution in [-0.4, -0.2) is 32.7 Å². The van der Waals surface area contributed by atoms with Crippen LogP contribution < -0.4 is 9.30 Å². The molecule has 1 N–H and O–H groups in total. The van der Waals surface area contributed by atoms with Gasteiger partial charge in [-0.1, -0.05) is 0 Å². The van der Waals surface area contributed by atoms with Crippen molar-refractivity contribution in [2.24, 2.45) is 0 Å². The molecule has 0 atom stereocenters. The van der Waals surface area contributed by atoms with Crippen molar-refractivity contribution in [2.45, 2.75) is 39.2 Å². The summed E-state index contributed by atoms with van der Waals surface area (Å²) in [6, 6.07) is 6.27. The molecule has 1 heterocycles. The van der Waals surface area contributed by atoms with Crippen molar-refractivity contribution in [2.75, 3.05) is 7.11 Å². The Bertz CT molecular complexity index is 606. The Hall–Kier alpha value is -1.32. The van der Waals surface area contributed by atoms with Crippen LogP contribution in [0.15, 0.2) is 18.2 Å². The van der Waals surface area contributed by atoms with Crippen molar-refractivity contribution in [3.05, 3.63) is 22.8 Å². The summed E-state index contributed by atoms with van der Waals surface area (Å²) in [6.07, 6.45) is 3.02. The average Bonchev–Trinajstić information content (AvgIpc) is 2.73. The van der Waals surface area contributed by atoms with Gasteiger partial charge in [0.25, 0.3) is 0 Å². The predicted molar refractivity (Wildman–Crippen MR) is 78.5 cm³/mol. The summed E-state index contributed by atoms with van der Waals surface area (Å²) in [5.41, 5.74) is 1.26. The summed E-state index contributed by atoms with van der Waals surface area (Å²) in [7, 11) is 1.69. The molecule has 0 aliphatic carbocycles. The summed E-state index contributed by atoms with van der Waals surface area (Å²) >= 11 is 0.405. The number of carbonyl (C=O) groups is 1. The number of ether oxygens (including phenoxy) is 1. The van der Waals surface area contributed by atoms with Crippen LogP contribution in [0.1, 0.15) is 30.3 Å². The van der Waals surface area contributed by atoms with Crippen molar-refractivity contribution in [1.29, 1.82) is 0 Å². The number of nitrogens with zero attached hydrogens (tertiary/aromatic N) is 1. The van der Waals surface area contributed by atoms with Crippen LogP contribution >= 0.6 is 0 Å². The first-order chi connectivity index (χ1) is 9.61. The fourth-order valence-electron chi connectivity index (χ4n) is 2.31. The number of carboxylic acid groups (broad SMARTS) is 1. The minimum absolute atomic E-state index is 0.275. The minimum atomic E-state index is -0.702. The van der Waals surface area contributed by atoms with Crippen LogP contribution in [0.3, 0.4) is 0 Å². The van der Waals surface area contributed by atoms with Gasteiger partial charge in [-0.25, -0.2) is 0 Å². The van der Waals surface area contributed by atoms with Gasteiger partial charge in [0.05, 0.1) is 0 Å². The zero-order chi connectivity index (χ0) is 14.5. The van der Waals surface area contributed by atoms with Crippen molar-refractivity contribution >= 4 is 30.2 Å². The molecule has 0 aliphatic heterocycles. The Morgan fingerprint density at radius 3 is 2.85 bits per heavy atom. The van der Waals surface area contributed by atoms with Crippen molar-refractivity contribution in [3.63, 3.8) is 0 Å². The Morgan fingerprint density at radius 1 is 1.35 bits per heavy atom. The quantitative estimate of drug-likeness (QED) is 0.477. The van der Waals surface area contributed by atoms with Crippen LogP contribution in [0.25, 0.3) is 9.78 Å². The number of methoxy groups -OCH3 is 1. The van der Waals surface area contributed by atoms with Gasteiger partial charge >= 0.3 is 124 Å². The van der Waals surface area contributed by atoms with Gasteiger partial charge in [0.1, 0.15) is 0 Å². The van der Waals surface area contributed by atoms with Gasteiger partial charge in [0, 0.05) is 0 Å². The van der Waals surface area contributed by atoms with E-state index < -0.39 is 5.97 Å². The molecule has 2 rings (SSSR count). The Kier molecular flexibility index (Phi) is 5.21. The molecule has 4 nitrogen and oxygen atoms in total. The van der Waals surface area contributed by atoms with E-state index in [2.05, 4.69) is 23.6 Å². The SMILES string of the molecule is COc1ccc2[se]c(C)[n+](CCCCCC(=O)O)c2c1. The second kappa shape index (κ2) is 6.91. The first-order valence-electron chi connectivity index (χ1n) is 6.80. The van der Waals surface area contributed by atoms with Crippen LogP contribution in [0.4, 0.5) is 0 Å². The Labute approximate surface area is 124 Å². The third-order valence-electron chi connectivity index (χ3n) is 3.37. The Morgan fingerprint density at radius 2 is 2.15 bits per heavy atom. The summed E-state index contributed by atoms with van der Waals surface area (Å²) in [5.74, 6) is 0.192. The standard InChI is InChI=1S/C15H19NO3Se/c1-11-16(9-5-3-4-6-15(17)18)13-10-12(19-2)7-8-14(13)20-11/h7-8,10H,3-6,9H2,1-2H3/p+1. The van der Waals surface area contributed by atoms with Gasteiger partial charge in [-0.15, -0.1) is 0 Å². The number of unbranched alkanes of at least 4 members (excludes halogenated alkanes) is 2. The molecule has 20 heavy (non-hydrogen) atoms. The molecule has 0 bridgehead atoms. The van der Waals surface area contributed by atoms with E-state index in [1.807, 2.05) is 6.07 Å². The fourth-order valence-corrected chi connectivity index (χ4v) is 4.46. The molecule has 1 aromatic heterocycles. The number of aryl methyl sites for hydroxylation is 2. The number of fused-ring (bicyclic) bond motifs is 1. The molecule has 0 unspecified atom stereocenters. The molecule has 0 amide bonds. The maximum absolute atomic E-state index is 10.5. The number of aromatic nitrogens is 1. The Balaban J connectivity index is 2.05. The molecule has 0 radical (unpaired) electrons. The molecular weight excluding hydrogens is 321 g/mol. The van der Waals surface area contributed by atoms with Gasteiger partial charge in [-0.05, 0) is 0 Å². The van der Waals surface area contributed by atoms with E-state index in [1.54, 1.807) is 7.11 Å². The van der Waals surface area contributed by atoms with Gasteiger partial charge < -0.3 is 0 Å². The molecule has 108 valence electrons. The summed E-state index contributed by atoms with van der Waals surface area (Å²) in [5, 5.41) is 8.63. The van der Waals surface area contributed by atoms with Crippen molar-refractivity contribution < 1.29 is 19.2 Å². The number of hydrogen-bond donors (Lipinski definition) is 1. The van der Waals surface area contributed by atoms with Crippen LogP contribution in [0, 0.1) is 6.92 Å². The van der Waals surface area contributed by atoms with Crippen LogP contribution in [-0.2, 0) is 11.3 Å². The van der Waals surface area contributed by atoms with E-state index in [9.17, 15) is 4.79 Å². The van der Waals surface area contributed by atoms with E-state index in [0.717, 1.165) is 31.6 Å². The summed E-state index contributed by atoms with van der Waals surface area (Å²) in [4.78, 5) is 10.5. The predicted octanol–water partition coefficient (Wildman–Crippen LogP) is 2.15. The van der Waals surface area contributed by atoms with Crippen LogP contribution in [0.5, 0.6) is 5.75 Å². The van der Waals surface area contributed by atoms with Gasteiger partial charge in [0.15, 0.2) is 0 Å². The van der Waals surface area contributed by atoms with E-state index in [1.165, 1.54) is 14.3 Å². The molecule has 0 saturated heterocycles. The number of hydrogen-bond acceptors (Lipinski definition) is 2. The summed E-state index contributed by atoms with van der Waals surface area (Å²) in [6.45, 7) is 3.15. The van der Waals surface area contributed by atoms with Crippen molar-refractivity contribution in [1.82, 2.24) is 0 Å². The number of benzene rings is 1. The molecule has 2 aromatic rings. The van der Waals surface area contributed by atoms with E-state index in [0.29, 0.717) is 14.5 Å². The van der Waals surface area contributed by atoms with E-state index in [-0.39, 0.29) is 6.42 Å². The first-order valence-corrected chi connectivity index (χ1v) is 8.52. The molecule has 0 aliphatic rings. The van der Waals surface area contributed by atoms with Gasteiger partial charge in [0.2, 0.25) is 0 Å². The number of rotatable bonds is 7. The normalized spacial score (nSPS) is 10.9. The molecule has 0 spiro atoms. The second-order valence-electron chi connectivity index (χ2n) is 4.81. The third-order valence-corrected chi connectivity index (χ3v) is 5.63. The maximum atomic E-state index is 10.5. The zero-order valence-corrected chi connectivity index (χ0v) is 13.6. The second-order valence-corrected chi connectivity index (χ2v) is 7.40. The van der Waals surface area contributed by atoms with Gasteiger partial charge in [-0.2, -0.15) is 0 Å². The average molecular weight is 341 g/mol. The molecule has 5 heteroatoms.